The van der Waals surface area contributed by atoms with Gasteiger partial charge in [0.2, 0.25) is 0 Å². The number of benzene rings is 3. The number of carbonyl (C=O) groups excluding carboxylic acids is 2. The Morgan fingerprint density at radius 2 is 1.84 bits per heavy atom. The molecule has 184 valence electrons. The summed E-state index contributed by atoms with van der Waals surface area (Å²) < 4.78 is 5.04. The van der Waals surface area contributed by atoms with E-state index in [1.165, 1.54) is 30.7 Å². The molecule has 5 rings (SSSR count). The number of H-pyrrole nitrogens is 1. The van der Waals surface area contributed by atoms with E-state index < -0.39 is 0 Å². The molecule has 0 spiro atoms. The number of amides is 1. The highest BCUT2D eigenvalue weighted by atomic mass is 32.1. The van der Waals surface area contributed by atoms with Gasteiger partial charge in [0.1, 0.15) is 0 Å². The Labute approximate surface area is 215 Å². The first-order valence-corrected chi connectivity index (χ1v) is 12.1. The van der Waals surface area contributed by atoms with Gasteiger partial charge in [-0.25, -0.2) is 0 Å². The lowest BCUT2D eigenvalue weighted by atomic mass is 10.0. The molecule has 4 N–H and O–H groups in total. The van der Waals surface area contributed by atoms with E-state index in [0.717, 1.165) is 0 Å². The minimum absolute atomic E-state index is 0.0430. The molecule has 1 amide bonds. The summed E-state index contributed by atoms with van der Waals surface area (Å²) >= 11 is 1.34. The Morgan fingerprint density at radius 1 is 1.00 bits per heavy atom. The monoisotopic (exact) mass is 511 g/mol. The van der Waals surface area contributed by atoms with Gasteiger partial charge in [-0.2, -0.15) is 0 Å². The molecule has 0 aliphatic heterocycles. The van der Waals surface area contributed by atoms with Crippen molar-refractivity contribution in [3.8, 4) is 17.4 Å². The van der Waals surface area contributed by atoms with E-state index in [2.05, 4.69) is 15.3 Å². The fraction of sp³-hybridized carbons (Fsp3) is 0.0357. The number of rotatable bonds is 7. The third-order valence-corrected chi connectivity index (χ3v) is 6.58. The molecule has 37 heavy (non-hydrogen) atoms. The van der Waals surface area contributed by atoms with Crippen molar-refractivity contribution in [2.75, 3.05) is 12.4 Å². The lowest BCUT2D eigenvalue weighted by molar-refractivity contribution is 0.102. The van der Waals surface area contributed by atoms with Gasteiger partial charge in [0.25, 0.3) is 5.91 Å². The number of ketones is 1. The Morgan fingerprint density at radius 3 is 2.59 bits per heavy atom. The van der Waals surface area contributed by atoms with Crippen molar-refractivity contribution in [3.63, 3.8) is 0 Å². The van der Waals surface area contributed by atoms with Crippen LogP contribution in [-0.2, 0) is 0 Å². The number of methoxy groups -OCH3 is 1. The number of aromatic nitrogens is 1. The number of ether oxygens (including phenoxy) is 1. The standard InChI is InChI=1S/C28H21N3O5S/c1-36-24-10-8-18(14-23(24)32)29-15-21-20-9-7-17(13-22(20)31-27(21)34)26(33)16-4-2-5-19(12-16)30-28(35)25-6-3-11-37-25/h2-15,31-32,34H,1H3,(H,30,35). The predicted octanol–water partition coefficient (Wildman–Crippen LogP) is 5.88. The fourth-order valence-electron chi connectivity index (χ4n) is 3.88. The third kappa shape index (κ3) is 4.93. The number of carbonyl (C=O) groups is 2. The van der Waals surface area contributed by atoms with Gasteiger partial charge in [0.05, 0.1) is 23.2 Å². The molecule has 0 atom stereocenters. The van der Waals surface area contributed by atoms with Gasteiger partial charge in [-0.3, -0.25) is 14.6 Å². The Hall–Kier alpha value is -4.89. The molecule has 0 saturated heterocycles. The summed E-state index contributed by atoms with van der Waals surface area (Å²) in [6.07, 6.45) is 1.48. The van der Waals surface area contributed by atoms with E-state index >= 15 is 0 Å². The summed E-state index contributed by atoms with van der Waals surface area (Å²) in [4.78, 5) is 33.3. The van der Waals surface area contributed by atoms with Gasteiger partial charge in [0, 0.05) is 40.0 Å². The lowest BCUT2D eigenvalue weighted by Gasteiger charge is -2.07. The van der Waals surface area contributed by atoms with E-state index in [1.54, 1.807) is 66.7 Å². The Bertz CT molecular complexity index is 1650. The number of aliphatic imine (C=N–C) groups is 1. The number of hydrogen-bond acceptors (Lipinski definition) is 7. The smallest absolute Gasteiger partial charge is 0.265 e. The van der Waals surface area contributed by atoms with Crippen LogP contribution in [0.2, 0.25) is 0 Å². The van der Waals surface area contributed by atoms with E-state index in [1.807, 2.05) is 5.38 Å². The number of nitrogens with one attached hydrogen (secondary N) is 2. The van der Waals surface area contributed by atoms with Gasteiger partial charge in [-0.15, -0.1) is 11.3 Å². The number of phenols is 1. The third-order valence-electron chi connectivity index (χ3n) is 5.71. The minimum atomic E-state index is -0.234. The quantitative estimate of drug-likeness (QED) is 0.160. The van der Waals surface area contributed by atoms with Crippen molar-refractivity contribution < 1.29 is 24.5 Å². The van der Waals surface area contributed by atoms with Gasteiger partial charge < -0.3 is 25.3 Å². The fourth-order valence-corrected chi connectivity index (χ4v) is 4.50. The molecule has 0 aliphatic rings. The summed E-state index contributed by atoms with van der Waals surface area (Å²) in [5.41, 5.74) is 2.84. The van der Waals surface area contributed by atoms with Crippen molar-refractivity contribution in [2.45, 2.75) is 0 Å². The average molecular weight is 512 g/mol. The van der Waals surface area contributed by atoms with Gasteiger partial charge in [0.15, 0.2) is 23.2 Å². The van der Waals surface area contributed by atoms with Crippen molar-refractivity contribution in [2.24, 2.45) is 4.99 Å². The summed E-state index contributed by atoms with van der Waals surface area (Å²) in [5.74, 6) is -0.270. The number of nitrogens with zero attached hydrogens (tertiary/aromatic N) is 1. The first-order chi connectivity index (χ1) is 17.9. The number of thiophene rings is 1. The van der Waals surface area contributed by atoms with Crippen LogP contribution in [0.15, 0.2) is 83.2 Å². The van der Waals surface area contributed by atoms with Gasteiger partial charge in [-0.05, 0) is 41.8 Å². The number of phenolic OH excluding ortho intramolecular Hbond substituents is 1. The van der Waals surface area contributed by atoms with E-state index in [0.29, 0.717) is 49.6 Å². The van der Waals surface area contributed by atoms with Crippen molar-refractivity contribution in [3.05, 3.63) is 99.7 Å². The second-order valence-electron chi connectivity index (χ2n) is 8.10. The average Bonchev–Trinajstić information content (AvgIpc) is 3.55. The van der Waals surface area contributed by atoms with Crippen LogP contribution in [0.3, 0.4) is 0 Å². The van der Waals surface area contributed by atoms with Crippen LogP contribution < -0.4 is 10.1 Å². The number of hydrogen-bond donors (Lipinski definition) is 4. The molecule has 0 radical (unpaired) electrons. The van der Waals surface area contributed by atoms with Crippen molar-refractivity contribution in [1.82, 2.24) is 4.98 Å². The SMILES string of the molecule is COc1ccc(N=Cc2c(O)[nH]c3cc(C(=O)c4cccc(NC(=O)c5cccs5)c4)ccc23)cc1O. The summed E-state index contributed by atoms with van der Waals surface area (Å²) in [6, 6.07) is 20.1. The highest BCUT2D eigenvalue weighted by Gasteiger charge is 2.15. The molecule has 0 saturated carbocycles. The van der Waals surface area contributed by atoms with Crippen LogP contribution >= 0.6 is 11.3 Å². The molecular weight excluding hydrogens is 490 g/mol. The summed E-state index contributed by atoms with van der Waals surface area (Å²) in [7, 11) is 1.46. The maximum Gasteiger partial charge on any atom is 0.265 e. The molecule has 0 fully saturated rings. The lowest BCUT2D eigenvalue weighted by Crippen LogP contribution is -2.11. The second-order valence-corrected chi connectivity index (χ2v) is 9.05. The molecular formula is C28H21N3O5S. The Balaban J connectivity index is 1.38. The van der Waals surface area contributed by atoms with Crippen molar-refractivity contribution >= 4 is 51.5 Å². The maximum absolute atomic E-state index is 13.2. The number of aromatic amines is 1. The Kier molecular flexibility index (Phi) is 6.44. The molecule has 2 aromatic heterocycles. The first-order valence-electron chi connectivity index (χ1n) is 11.2. The number of anilines is 1. The van der Waals surface area contributed by atoms with Crippen LogP contribution in [0, 0.1) is 0 Å². The predicted molar refractivity (Wildman–Crippen MR) is 144 cm³/mol. The van der Waals surface area contributed by atoms with Crippen LogP contribution in [0.25, 0.3) is 10.9 Å². The van der Waals surface area contributed by atoms with E-state index in [-0.39, 0.29) is 23.3 Å². The van der Waals surface area contributed by atoms with Crippen LogP contribution in [0.4, 0.5) is 11.4 Å². The van der Waals surface area contributed by atoms with Crippen LogP contribution in [0.5, 0.6) is 17.4 Å². The zero-order valence-electron chi connectivity index (χ0n) is 19.6. The highest BCUT2D eigenvalue weighted by molar-refractivity contribution is 7.12. The molecule has 2 heterocycles. The molecule has 8 nitrogen and oxygen atoms in total. The molecule has 5 aromatic rings. The van der Waals surface area contributed by atoms with Crippen LogP contribution in [0.1, 0.15) is 31.2 Å². The maximum atomic E-state index is 13.2. The van der Waals surface area contributed by atoms with Gasteiger partial charge >= 0.3 is 0 Å². The largest absolute Gasteiger partial charge is 0.504 e. The topological polar surface area (TPSA) is 124 Å². The molecule has 0 aliphatic carbocycles. The zero-order valence-corrected chi connectivity index (χ0v) is 20.4. The number of fused-ring (bicyclic) bond motifs is 1. The second kappa shape index (κ2) is 10.00. The summed E-state index contributed by atoms with van der Waals surface area (Å²) in [5, 5.41) is 25.7. The number of aromatic hydroxyl groups is 2. The van der Waals surface area contributed by atoms with E-state index in [4.69, 9.17) is 4.74 Å². The normalized spacial score (nSPS) is 11.2. The molecule has 0 unspecified atom stereocenters. The van der Waals surface area contributed by atoms with Gasteiger partial charge in [-0.1, -0.05) is 30.3 Å². The minimum Gasteiger partial charge on any atom is -0.504 e. The first kappa shape index (κ1) is 23.8. The summed E-state index contributed by atoms with van der Waals surface area (Å²) in [6.45, 7) is 0. The van der Waals surface area contributed by atoms with Crippen molar-refractivity contribution in [1.29, 1.82) is 0 Å². The van der Waals surface area contributed by atoms with Crippen LogP contribution in [-0.4, -0.2) is 40.2 Å². The molecule has 3 aromatic carbocycles. The molecule has 9 heteroatoms. The zero-order chi connectivity index (χ0) is 25.9. The van der Waals surface area contributed by atoms with E-state index in [9.17, 15) is 19.8 Å². The highest BCUT2D eigenvalue weighted by Crippen LogP contribution is 2.31. The molecule has 0 bridgehead atoms.